The molecule has 0 radical (unpaired) electrons. The van der Waals surface area contributed by atoms with Crippen LogP contribution in [0, 0.1) is 5.92 Å². The largest absolute Gasteiger partial charge is 0.492 e. The summed E-state index contributed by atoms with van der Waals surface area (Å²) in [5.74, 6) is 1.34. The van der Waals surface area contributed by atoms with E-state index >= 15 is 0 Å². The van der Waals surface area contributed by atoms with Crippen molar-refractivity contribution in [2.75, 3.05) is 37.4 Å². The van der Waals surface area contributed by atoms with Gasteiger partial charge in [-0.1, -0.05) is 13.8 Å². The standard InChI is InChI=1S/C15H26N2O2/c1-4-19-15-10-13(6-7-14(15)16)17-8-5-9-18-11-12(2)3/h6-7,10,12,17H,4-5,8-9,11,16H2,1-3H3. The van der Waals surface area contributed by atoms with Crippen molar-refractivity contribution in [3.05, 3.63) is 18.2 Å². The van der Waals surface area contributed by atoms with Gasteiger partial charge in [0.15, 0.2) is 0 Å². The van der Waals surface area contributed by atoms with Crippen molar-refractivity contribution in [1.29, 1.82) is 0 Å². The Kier molecular flexibility index (Phi) is 7.11. The predicted octanol–water partition coefficient (Wildman–Crippen LogP) is 3.14. The number of ether oxygens (including phenoxy) is 2. The predicted molar refractivity (Wildman–Crippen MR) is 80.8 cm³/mol. The number of nitrogens with one attached hydrogen (secondary N) is 1. The van der Waals surface area contributed by atoms with Crippen LogP contribution < -0.4 is 15.8 Å². The first-order chi connectivity index (χ1) is 9.13. The maximum atomic E-state index is 5.83. The van der Waals surface area contributed by atoms with Crippen molar-refractivity contribution in [3.63, 3.8) is 0 Å². The first-order valence-corrected chi connectivity index (χ1v) is 6.97. The van der Waals surface area contributed by atoms with E-state index in [2.05, 4.69) is 19.2 Å². The molecule has 0 unspecified atom stereocenters. The lowest BCUT2D eigenvalue weighted by molar-refractivity contribution is 0.110. The van der Waals surface area contributed by atoms with Crippen LogP contribution in [0.15, 0.2) is 18.2 Å². The van der Waals surface area contributed by atoms with Gasteiger partial charge in [0.05, 0.1) is 12.3 Å². The van der Waals surface area contributed by atoms with E-state index in [0.717, 1.165) is 37.6 Å². The van der Waals surface area contributed by atoms with Gasteiger partial charge in [0, 0.05) is 31.5 Å². The van der Waals surface area contributed by atoms with Crippen LogP contribution >= 0.6 is 0 Å². The number of nitrogens with two attached hydrogens (primary N) is 1. The number of rotatable bonds is 9. The van der Waals surface area contributed by atoms with Crippen LogP contribution in [0.25, 0.3) is 0 Å². The highest BCUT2D eigenvalue weighted by Crippen LogP contribution is 2.25. The van der Waals surface area contributed by atoms with E-state index in [9.17, 15) is 0 Å². The fourth-order valence-electron chi connectivity index (χ4n) is 1.65. The molecule has 3 N–H and O–H groups in total. The smallest absolute Gasteiger partial charge is 0.144 e. The quantitative estimate of drug-likeness (QED) is 0.532. The van der Waals surface area contributed by atoms with Gasteiger partial charge in [0.1, 0.15) is 5.75 Å². The van der Waals surface area contributed by atoms with Gasteiger partial charge in [0.25, 0.3) is 0 Å². The molecule has 0 aromatic heterocycles. The van der Waals surface area contributed by atoms with Gasteiger partial charge in [-0.25, -0.2) is 0 Å². The van der Waals surface area contributed by atoms with Crippen LogP contribution in [-0.2, 0) is 4.74 Å². The molecule has 1 rings (SSSR count). The summed E-state index contributed by atoms with van der Waals surface area (Å²) >= 11 is 0. The average Bonchev–Trinajstić information content (AvgIpc) is 2.37. The lowest BCUT2D eigenvalue weighted by atomic mass is 10.2. The molecule has 0 aliphatic heterocycles. The average molecular weight is 266 g/mol. The Labute approximate surface area is 116 Å². The van der Waals surface area contributed by atoms with Crippen LogP contribution in [0.1, 0.15) is 27.2 Å². The molecule has 0 saturated heterocycles. The van der Waals surface area contributed by atoms with Crippen LogP contribution in [0.5, 0.6) is 5.75 Å². The van der Waals surface area contributed by atoms with Crippen LogP contribution in [0.4, 0.5) is 11.4 Å². The minimum atomic E-state index is 0.596. The third-order valence-electron chi connectivity index (χ3n) is 2.56. The molecular weight excluding hydrogens is 240 g/mol. The third-order valence-corrected chi connectivity index (χ3v) is 2.56. The van der Waals surface area contributed by atoms with Crippen molar-refractivity contribution >= 4 is 11.4 Å². The number of hydrogen-bond donors (Lipinski definition) is 2. The number of hydrogen-bond acceptors (Lipinski definition) is 4. The van der Waals surface area contributed by atoms with Gasteiger partial charge in [0.2, 0.25) is 0 Å². The van der Waals surface area contributed by atoms with Gasteiger partial charge < -0.3 is 20.5 Å². The molecule has 0 heterocycles. The zero-order chi connectivity index (χ0) is 14.1. The summed E-state index contributed by atoms with van der Waals surface area (Å²) in [6, 6.07) is 5.77. The second-order valence-corrected chi connectivity index (χ2v) is 4.93. The van der Waals surface area contributed by atoms with Crippen molar-refractivity contribution < 1.29 is 9.47 Å². The molecule has 1 aromatic rings. The van der Waals surface area contributed by atoms with Crippen LogP contribution in [0.2, 0.25) is 0 Å². The van der Waals surface area contributed by atoms with Crippen molar-refractivity contribution in [1.82, 2.24) is 0 Å². The lowest BCUT2D eigenvalue weighted by Gasteiger charge is -2.11. The van der Waals surface area contributed by atoms with Crippen molar-refractivity contribution in [2.24, 2.45) is 5.92 Å². The Morgan fingerprint density at radius 2 is 2.11 bits per heavy atom. The first-order valence-electron chi connectivity index (χ1n) is 6.97. The van der Waals surface area contributed by atoms with Crippen LogP contribution in [0.3, 0.4) is 0 Å². The van der Waals surface area contributed by atoms with E-state index in [-0.39, 0.29) is 0 Å². The molecule has 0 amide bonds. The summed E-state index contributed by atoms with van der Waals surface area (Å²) in [7, 11) is 0. The van der Waals surface area contributed by atoms with Gasteiger partial charge >= 0.3 is 0 Å². The Bertz CT molecular complexity index is 367. The highest BCUT2D eigenvalue weighted by Gasteiger charge is 2.01. The lowest BCUT2D eigenvalue weighted by Crippen LogP contribution is -2.08. The minimum absolute atomic E-state index is 0.596. The summed E-state index contributed by atoms with van der Waals surface area (Å²) in [6.45, 7) is 9.38. The second-order valence-electron chi connectivity index (χ2n) is 4.93. The SMILES string of the molecule is CCOc1cc(NCCCOCC(C)C)ccc1N. The Morgan fingerprint density at radius 1 is 1.32 bits per heavy atom. The first kappa shape index (κ1) is 15.6. The summed E-state index contributed by atoms with van der Waals surface area (Å²) in [5.41, 5.74) is 7.53. The molecule has 0 spiro atoms. The summed E-state index contributed by atoms with van der Waals surface area (Å²) in [5, 5.41) is 3.34. The normalized spacial score (nSPS) is 10.7. The zero-order valence-corrected chi connectivity index (χ0v) is 12.2. The Balaban J connectivity index is 2.27. The highest BCUT2D eigenvalue weighted by atomic mass is 16.5. The third kappa shape index (κ3) is 6.34. The molecule has 19 heavy (non-hydrogen) atoms. The topological polar surface area (TPSA) is 56.5 Å². The van der Waals surface area contributed by atoms with E-state index in [1.54, 1.807) is 0 Å². The Hall–Kier alpha value is -1.42. The minimum Gasteiger partial charge on any atom is -0.492 e. The molecule has 0 bridgehead atoms. The van der Waals surface area contributed by atoms with E-state index in [4.69, 9.17) is 15.2 Å². The molecule has 1 aromatic carbocycles. The molecule has 0 aliphatic carbocycles. The summed E-state index contributed by atoms with van der Waals surface area (Å²) in [6.07, 6.45) is 0.987. The fourth-order valence-corrected chi connectivity index (χ4v) is 1.65. The number of nitrogen functional groups attached to an aromatic ring is 1. The van der Waals surface area contributed by atoms with Gasteiger partial charge in [-0.2, -0.15) is 0 Å². The van der Waals surface area contributed by atoms with Crippen molar-refractivity contribution in [2.45, 2.75) is 27.2 Å². The maximum absolute atomic E-state index is 5.83. The van der Waals surface area contributed by atoms with E-state index < -0.39 is 0 Å². The van der Waals surface area contributed by atoms with Crippen molar-refractivity contribution in [3.8, 4) is 5.75 Å². The van der Waals surface area contributed by atoms with E-state index in [1.807, 2.05) is 25.1 Å². The second kappa shape index (κ2) is 8.64. The monoisotopic (exact) mass is 266 g/mol. The summed E-state index contributed by atoms with van der Waals surface area (Å²) in [4.78, 5) is 0. The molecule has 4 nitrogen and oxygen atoms in total. The molecular formula is C15H26N2O2. The maximum Gasteiger partial charge on any atom is 0.144 e. The van der Waals surface area contributed by atoms with Crippen LogP contribution in [-0.4, -0.2) is 26.4 Å². The number of benzene rings is 1. The molecule has 0 atom stereocenters. The highest BCUT2D eigenvalue weighted by molar-refractivity contribution is 5.61. The fraction of sp³-hybridized carbons (Fsp3) is 0.600. The molecule has 4 heteroatoms. The number of anilines is 2. The Morgan fingerprint density at radius 3 is 2.79 bits per heavy atom. The molecule has 0 fully saturated rings. The van der Waals surface area contributed by atoms with Gasteiger partial charge in [-0.05, 0) is 31.4 Å². The molecule has 108 valence electrons. The van der Waals surface area contributed by atoms with Gasteiger partial charge in [-0.15, -0.1) is 0 Å². The van der Waals surface area contributed by atoms with Gasteiger partial charge in [-0.3, -0.25) is 0 Å². The summed E-state index contributed by atoms with van der Waals surface area (Å²) < 4.78 is 11.0. The molecule has 0 aliphatic rings. The van der Waals surface area contributed by atoms with E-state index in [1.165, 1.54) is 0 Å². The zero-order valence-electron chi connectivity index (χ0n) is 12.2. The molecule has 0 saturated carbocycles. The van der Waals surface area contributed by atoms with E-state index in [0.29, 0.717) is 18.2 Å².